The van der Waals surface area contributed by atoms with E-state index in [1.807, 2.05) is 0 Å². The van der Waals surface area contributed by atoms with Gasteiger partial charge in [0.2, 0.25) is 0 Å². The number of hydrogen-bond acceptors (Lipinski definition) is 2. The Labute approximate surface area is 43.2 Å². The van der Waals surface area contributed by atoms with Crippen LogP contribution in [0.15, 0.2) is 30.0 Å². The van der Waals surface area contributed by atoms with Gasteiger partial charge in [-0.15, -0.1) is 0 Å². The van der Waals surface area contributed by atoms with Gasteiger partial charge in [-0.05, 0) is 6.08 Å². The molecule has 0 aromatic rings. The molecule has 0 aliphatic rings. The molecule has 0 bridgehead atoms. The summed E-state index contributed by atoms with van der Waals surface area (Å²) in [4.78, 5) is 0. The molecule has 1 N–H and O–H groups in total. The zero-order valence-corrected chi connectivity index (χ0v) is 4.15. The Kier molecular flexibility index (Phi) is 2.68. The average molecular weight is 96.1 g/mol. The van der Waals surface area contributed by atoms with E-state index in [9.17, 15) is 0 Å². The molecule has 0 aromatic carbocycles. The van der Waals surface area contributed by atoms with Crippen molar-refractivity contribution in [1.82, 2.24) is 5.43 Å². The lowest BCUT2D eigenvalue weighted by Gasteiger charge is -1.91. The molecule has 0 heterocycles. The van der Waals surface area contributed by atoms with Gasteiger partial charge in [0.05, 0.1) is 0 Å². The van der Waals surface area contributed by atoms with Crippen LogP contribution in [0.4, 0.5) is 0 Å². The van der Waals surface area contributed by atoms with E-state index >= 15 is 0 Å². The molecular formula is C5H8N2. The fourth-order valence-electron chi connectivity index (χ4n) is 0.147. The number of allylic oxidation sites excluding steroid dienone is 1. The Morgan fingerprint density at radius 1 is 1.71 bits per heavy atom. The first-order chi connectivity index (χ1) is 3.31. The Morgan fingerprint density at radius 3 is 2.43 bits per heavy atom. The number of hydrogen-bond donors (Lipinski definition) is 1. The third kappa shape index (κ3) is 2.76. The van der Waals surface area contributed by atoms with Crippen molar-refractivity contribution < 1.29 is 0 Å². The van der Waals surface area contributed by atoms with Crippen LogP contribution in [0.5, 0.6) is 0 Å². The van der Waals surface area contributed by atoms with Crippen LogP contribution in [0, 0.1) is 0 Å². The summed E-state index contributed by atoms with van der Waals surface area (Å²) in [5.74, 6) is 0. The Bertz CT molecular complexity index is 94.3. The van der Waals surface area contributed by atoms with E-state index in [0.717, 1.165) is 0 Å². The van der Waals surface area contributed by atoms with Crippen molar-refractivity contribution in [2.75, 3.05) is 0 Å². The third-order valence-corrected chi connectivity index (χ3v) is 0.469. The normalized spacial score (nSPS) is 6.86. The zero-order chi connectivity index (χ0) is 5.70. The first kappa shape index (κ1) is 5.95. The van der Waals surface area contributed by atoms with E-state index in [4.69, 9.17) is 0 Å². The smallest absolute Gasteiger partial charge is 0.0483 e. The standard InChI is InChI=1S/C5H8N2/c1-4-5(2)7-6-3/h4,7H,1-3H2. The molecule has 2 heteroatoms. The van der Waals surface area contributed by atoms with Crippen molar-refractivity contribution in [3.05, 3.63) is 24.9 Å². The lowest BCUT2D eigenvalue weighted by molar-refractivity contribution is 0.935. The van der Waals surface area contributed by atoms with Crippen LogP contribution < -0.4 is 5.43 Å². The molecule has 7 heavy (non-hydrogen) atoms. The van der Waals surface area contributed by atoms with E-state index in [-0.39, 0.29) is 0 Å². The molecule has 0 radical (unpaired) electrons. The second kappa shape index (κ2) is 3.15. The summed E-state index contributed by atoms with van der Waals surface area (Å²) in [6, 6.07) is 0. The monoisotopic (exact) mass is 96.1 g/mol. The topological polar surface area (TPSA) is 24.4 Å². The van der Waals surface area contributed by atoms with E-state index in [1.54, 1.807) is 6.08 Å². The van der Waals surface area contributed by atoms with Crippen molar-refractivity contribution in [2.24, 2.45) is 5.10 Å². The first-order valence-electron chi connectivity index (χ1n) is 1.84. The SMILES string of the molecule is C=CC(=C)NN=C. The number of rotatable bonds is 3. The van der Waals surface area contributed by atoms with Gasteiger partial charge in [-0.25, -0.2) is 0 Å². The van der Waals surface area contributed by atoms with Crippen molar-refractivity contribution in [1.29, 1.82) is 0 Å². The molecule has 0 spiro atoms. The van der Waals surface area contributed by atoms with E-state index in [1.165, 1.54) is 0 Å². The fourth-order valence-corrected chi connectivity index (χ4v) is 0.147. The lowest BCUT2D eigenvalue weighted by Crippen LogP contribution is -1.98. The first-order valence-corrected chi connectivity index (χ1v) is 1.84. The van der Waals surface area contributed by atoms with Gasteiger partial charge in [-0.1, -0.05) is 13.2 Å². The van der Waals surface area contributed by atoms with Crippen LogP contribution in [-0.2, 0) is 0 Å². The molecule has 0 saturated carbocycles. The van der Waals surface area contributed by atoms with Crippen LogP contribution in [-0.4, -0.2) is 6.72 Å². The second-order valence-corrected chi connectivity index (χ2v) is 0.999. The quantitative estimate of drug-likeness (QED) is 0.315. The maximum absolute atomic E-state index is 3.50. The largest absolute Gasteiger partial charge is 0.280 e. The van der Waals surface area contributed by atoms with Crippen LogP contribution in [0.25, 0.3) is 0 Å². The molecule has 0 aliphatic carbocycles. The van der Waals surface area contributed by atoms with Gasteiger partial charge in [0.1, 0.15) is 0 Å². The van der Waals surface area contributed by atoms with Gasteiger partial charge in [-0.2, -0.15) is 5.10 Å². The highest BCUT2D eigenvalue weighted by molar-refractivity contribution is 5.23. The molecule has 0 fully saturated rings. The predicted molar refractivity (Wildman–Crippen MR) is 32.0 cm³/mol. The Hall–Kier alpha value is -1.05. The highest BCUT2D eigenvalue weighted by Gasteiger charge is 1.72. The number of nitrogens with one attached hydrogen (secondary N) is 1. The molecule has 0 aromatic heterocycles. The Morgan fingerprint density at radius 2 is 2.29 bits per heavy atom. The maximum Gasteiger partial charge on any atom is 0.0483 e. The van der Waals surface area contributed by atoms with E-state index < -0.39 is 0 Å². The molecule has 0 saturated heterocycles. The minimum atomic E-state index is 0.662. The fraction of sp³-hybridized carbons (Fsp3) is 0. The molecule has 38 valence electrons. The molecule has 2 nitrogen and oxygen atoms in total. The van der Waals surface area contributed by atoms with Crippen LogP contribution in [0.3, 0.4) is 0 Å². The van der Waals surface area contributed by atoms with Gasteiger partial charge < -0.3 is 0 Å². The van der Waals surface area contributed by atoms with Gasteiger partial charge in [0.15, 0.2) is 0 Å². The summed E-state index contributed by atoms with van der Waals surface area (Å²) in [5.41, 5.74) is 3.16. The summed E-state index contributed by atoms with van der Waals surface area (Å²) in [7, 11) is 0. The molecule has 0 amide bonds. The predicted octanol–water partition coefficient (Wildman–Crippen LogP) is 0.891. The average Bonchev–Trinajstić information content (AvgIpc) is 1.68. The second-order valence-electron chi connectivity index (χ2n) is 0.999. The van der Waals surface area contributed by atoms with Crippen molar-refractivity contribution in [3.8, 4) is 0 Å². The van der Waals surface area contributed by atoms with Gasteiger partial charge in [0.25, 0.3) is 0 Å². The minimum absolute atomic E-state index is 0.662. The van der Waals surface area contributed by atoms with Crippen molar-refractivity contribution in [3.63, 3.8) is 0 Å². The van der Waals surface area contributed by atoms with E-state index in [2.05, 4.69) is 30.4 Å². The van der Waals surface area contributed by atoms with E-state index in [0.29, 0.717) is 5.70 Å². The highest BCUT2D eigenvalue weighted by Crippen LogP contribution is 1.79. The summed E-state index contributed by atoms with van der Waals surface area (Å²) in [6.07, 6.45) is 1.56. The van der Waals surface area contributed by atoms with Crippen LogP contribution in [0.2, 0.25) is 0 Å². The Balaban J connectivity index is 3.36. The molecule has 0 aliphatic heterocycles. The van der Waals surface area contributed by atoms with Gasteiger partial charge in [0, 0.05) is 12.4 Å². The number of nitrogens with zero attached hydrogens (tertiary/aromatic N) is 1. The highest BCUT2D eigenvalue weighted by atomic mass is 15.3. The summed E-state index contributed by atoms with van der Waals surface area (Å²) in [5, 5.41) is 3.34. The summed E-state index contributed by atoms with van der Waals surface area (Å²) in [6.45, 7) is 10.1. The summed E-state index contributed by atoms with van der Waals surface area (Å²) >= 11 is 0. The molecule has 0 rings (SSSR count). The lowest BCUT2D eigenvalue weighted by atomic mass is 10.5. The van der Waals surface area contributed by atoms with Gasteiger partial charge in [-0.3, -0.25) is 5.43 Å². The zero-order valence-electron chi connectivity index (χ0n) is 4.15. The van der Waals surface area contributed by atoms with Crippen LogP contribution in [0.1, 0.15) is 0 Å². The van der Waals surface area contributed by atoms with Gasteiger partial charge >= 0.3 is 0 Å². The molecular weight excluding hydrogens is 88.1 g/mol. The van der Waals surface area contributed by atoms with Crippen molar-refractivity contribution in [2.45, 2.75) is 0 Å². The number of hydrazone groups is 1. The van der Waals surface area contributed by atoms with Crippen molar-refractivity contribution >= 4 is 6.72 Å². The maximum atomic E-state index is 3.50. The summed E-state index contributed by atoms with van der Waals surface area (Å²) < 4.78 is 0. The minimum Gasteiger partial charge on any atom is -0.280 e. The van der Waals surface area contributed by atoms with Crippen LogP contribution >= 0.6 is 0 Å². The molecule has 0 atom stereocenters. The molecule has 0 unspecified atom stereocenters. The third-order valence-electron chi connectivity index (χ3n) is 0.469.